The maximum atomic E-state index is 11.8. The van der Waals surface area contributed by atoms with Gasteiger partial charge in [-0.3, -0.25) is 4.57 Å². The summed E-state index contributed by atoms with van der Waals surface area (Å²) in [5.74, 6) is -0.234. The molecule has 1 aromatic carbocycles. The zero-order valence-corrected chi connectivity index (χ0v) is 12.8. The van der Waals surface area contributed by atoms with Crippen molar-refractivity contribution in [2.24, 2.45) is 0 Å². The molecule has 98 valence electrons. The van der Waals surface area contributed by atoms with E-state index in [9.17, 15) is 4.79 Å². The quantitative estimate of drug-likeness (QED) is 0.573. The highest BCUT2D eigenvalue weighted by Gasteiger charge is 2.08. The minimum atomic E-state index is -0.234. The first-order valence-electron chi connectivity index (χ1n) is 6.51. The second-order valence-electron chi connectivity index (χ2n) is 4.55. The fourth-order valence-corrected chi connectivity index (χ4v) is 2.59. The van der Waals surface area contributed by atoms with Crippen LogP contribution in [0.1, 0.15) is 39.0 Å². The number of hydrogen-bond acceptors (Lipinski definition) is 2. The highest BCUT2D eigenvalue weighted by Crippen LogP contribution is 2.17. The smallest absolute Gasteiger partial charge is 0.408 e. The molecule has 0 unspecified atom stereocenters. The lowest BCUT2D eigenvalue weighted by molar-refractivity contribution is 0.486. The van der Waals surface area contributed by atoms with Gasteiger partial charge in [0.15, 0.2) is 5.58 Å². The van der Waals surface area contributed by atoms with Crippen LogP contribution in [-0.4, -0.2) is 4.57 Å². The van der Waals surface area contributed by atoms with E-state index in [1.165, 1.54) is 25.7 Å². The van der Waals surface area contributed by atoms with Crippen LogP contribution in [0.3, 0.4) is 0 Å². The van der Waals surface area contributed by atoms with E-state index >= 15 is 0 Å². The maximum absolute atomic E-state index is 11.8. The number of benzene rings is 1. The lowest BCUT2D eigenvalue weighted by Crippen LogP contribution is -2.14. The first kappa shape index (κ1) is 13.6. The van der Waals surface area contributed by atoms with Crippen LogP contribution in [0.4, 0.5) is 0 Å². The van der Waals surface area contributed by atoms with Crippen molar-refractivity contribution < 1.29 is 4.42 Å². The van der Waals surface area contributed by atoms with Gasteiger partial charge in [-0.2, -0.15) is 0 Å². The molecule has 2 aromatic rings. The standard InChI is InChI=1S/C14H18INO2/c1-2-3-4-5-6-9-16-12-8-7-11(15)10-13(12)18-14(16)17/h7-8,10H,2-6,9H2,1H3. The Kier molecular flexibility index (Phi) is 4.86. The topological polar surface area (TPSA) is 35.1 Å². The Morgan fingerprint density at radius 2 is 2.00 bits per heavy atom. The molecule has 0 amide bonds. The molecule has 0 aliphatic rings. The molecular weight excluding hydrogens is 341 g/mol. The van der Waals surface area contributed by atoms with Crippen molar-refractivity contribution in [3.63, 3.8) is 0 Å². The van der Waals surface area contributed by atoms with Gasteiger partial charge in [0.25, 0.3) is 0 Å². The molecule has 2 rings (SSSR count). The summed E-state index contributed by atoms with van der Waals surface area (Å²) in [5.41, 5.74) is 1.61. The number of unbranched alkanes of at least 4 members (excludes halogenated alkanes) is 4. The van der Waals surface area contributed by atoms with Gasteiger partial charge in [0.1, 0.15) is 0 Å². The third-order valence-corrected chi connectivity index (χ3v) is 3.79. The predicted molar refractivity (Wildman–Crippen MR) is 82.0 cm³/mol. The summed E-state index contributed by atoms with van der Waals surface area (Å²) >= 11 is 2.22. The van der Waals surface area contributed by atoms with Gasteiger partial charge in [-0.25, -0.2) is 4.79 Å². The Balaban J connectivity index is 2.08. The number of aryl methyl sites for hydroxylation is 1. The molecule has 0 aliphatic carbocycles. The first-order chi connectivity index (χ1) is 8.72. The summed E-state index contributed by atoms with van der Waals surface area (Å²) in [6.07, 6.45) is 5.99. The van der Waals surface area contributed by atoms with E-state index in [1.54, 1.807) is 4.57 Å². The van der Waals surface area contributed by atoms with Crippen LogP contribution in [0.15, 0.2) is 27.4 Å². The largest absolute Gasteiger partial charge is 0.419 e. The zero-order chi connectivity index (χ0) is 13.0. The van der Waals surface area contributed by atoms with Crippen LogP contribution in [0.25, 0.3) is 11.1 Å². The van der Waals surface area contributed by atoms with Crippen LogP contribution in [0.5, 0.6) is 0 Å². The van der Waals surface area contributed by atoms with Crippen LogP contribution in [-0.2, 0) is 6.54 Å². The Bertz CT molecular complexity index is 571. The lowest BCUT2D eigenvalue weighted by atomic mass is 10.1. The van der Waals surface area contributed by atoms with Crippen LogP contribution in [0.2, 0.25) is 0 Å². The van der Waals surface area contributed by atoms with Gasteiger partial charge in [0, 0.05) is 10.1 Å². The van der Waals surface area contributed by atoms with E-state index in [0.717, 1.165) is 22.1 Å². The summed E-state index contributed by atoms with van der Waals surface area (Å²) < 4.78 is 8.10. The molecule has 0 N–H and O–H groups in total. The number of nitrogens with zero attached hydrogens (tertiary/aromatic N) is 1. The highest BCUT2D eigenvalue weighted by molar-refractivity contribution is 14.1. The van der Waals surface area contributed by atoms with Crippen molar-refractivity contribution in [1.82, 2.24) is 4.57 Å². The van der Waals surface area contributed by atoms with Crippen LogP contribution >= 0.6 is 22.6 Å². The first-order valence-corrected chi connectivity index (χ1v) is 7.59. The van der Waals surface area contributed by atoms with Gasteiger partial charge in [-0.15, -0.1) is 0 Å². The second-order valence-corrected chi connectivity index (χ2v) is 5.79. The second kappa shape index (κ2) is 6.41. The van der Waals surface area contributed by atoms with Crippen molar-refractivity contribution in [3.8, 4) is 0 Å². The van der Waals surface area contributed by atoms with Gasteiger partial charge >= 0.3 is 5.76 Å². The molecule has 0 aliphatic heterocycles. The van der Waals surface area contributed by atoms with E-state index in [1.807, 2.05) is 18.2 Å². The molecule has 18 heavy (non-hydrogen) atoms. The number of aromatic nitrogens is 1. The molecule has 0 radical (unpaired) electrons. The average Bonchev–Trinajstić information content (AvgIpc) is 2.64. The lowest BCUT2D eigenvalue weighted by Gasteiger charge is -2.02. The Labute approximate surface area is 120 Å². The van der Waals surface area contributed by atoms with E-state index in [4.69, 9.17) is 4.42 Å². The van der Waals surface area contributed by atoms with E-state index < -0.39 is 0 Å². The molecule has 0 saturated heterocycles. The fraction of sp³-hybridized carbons (Fsp3) is 0.500. The number of fused-ring (bicyclic) bond motifs is 1. The number of hydrogen-bond donors (Lipinski definition) is 0. The van der Waals surface area contributed by atoms with Crippen molar-refractivity contribution in [2.75, 3.05) is 0 Å². The molecule has 0 spiro atoms. The van der Waals surface area contributed by atoms with Crippen molar-refractivity contribution >= 4 is 33.7 Å². The molecule has 4 heteroatoms. The molecule has 0 bridgehead atoms. The maximum Gasteiger partial charge on any atom is 0.419 e. The summed E-state index contributed by atoms with van der Waals surface area (Å²) in [5, 5.41) is 0. The predicted octanol–water partition coefficient (Wildman–Crippen LogP) is 4.17. The summed E-state index contributed by atoms with van der Waals surface area (Å²) in [7, 11) is 0. The van der Waals surface area contributed by atoms with Gasteiger partial charge in [0.2, 0.25) is 0 Å². The summed E-state index contributed by atoms with van der Waals surface area (Å²) in [4.78, 5) is 11.8. The van der Waals surface area contributed by atoms with Gasteiger partial charge < -0.3 is 4.42 Å². The third kappa shape index (κ3) is 3.16. The summed E-state index contributed by atoms with van der Waals surface area (Å²) in [6.45, 7) is 2.96. The van der Waals surface area contributed by atoms with Gasteiger partial charge in [-0.1, -0.05) is 32.6 Å². The third-order valence-electron chi connectivity index (χ3n) is 3.12. The van der Waals surface area contributed by atoms with Crippen LogP contribution < -0.4 is 5.76 Å². The molecule has 0 fully saturated rings. The van der Waals surface area contributed by atoms with E-state index in [2.05, 4.69) is 29.5 Å². The molecule has 1 heterocycles. The fourth-order valence-electron chi connectivity index (χ4n) is 2.13. The van der Waals surface area contributed by atoms with Crippen molar-refractivity contribution in [2.45, 2.75) is 45.6 Å². The minimum Gasteiger partial charge on any atom is -0.408 e. The molecule has 0 atom stereocenters. The summed E-state index contributed by atoms with van der Waals surface area (Å²) in [6, 6.07) is 5.88. The Morgan fingerprint density at radius 1 is 1.22 bits per heavy atom. The Hall–Kier alpha value is -0.780. The molecule has 0 saturated carbocycles. The van der Waals surface area contributed by atoms with Gasteiger partial charge in [-0.05, 0) is 47.2 Å². The number of halogens is 1. The Morgan fingerprint density at radius 3 is 2.78 bits per heavy atom. The molecule has 3 nitrogen and oxygen atoms in total. The highest BCUT2D eigenvalue weighted by atomic mass is 127. The normalized spacial score (nSPS) is 11.2. The molecule has 1 aromatic heterocycles. The van der Waals surface area contributed by atoms with E-state index in [-0.39, 0.29) is 5.76 Å². The van der Waals surface area contributed by atoms with Crippen molar-refractivity contribution in [1.29, 1.82) is 0 Å². The average molecular weight is 359 g/mol. The van der Waals surface area contributed by atoms with Gasteiger partial charge in [0.05, 0.1) is 5.52 Å². The molecular formula is C14H18INO2. The van der Waals surface area contributed by atoms with E-state index in [0.29, 0.717) is 5.58 Å². The SMILES string of the molecule is CCCCCCCn1c(=O)oc2cc(I)ccc21. The van der Waals surface area contributed by atoms with Crippen molar-refractivity contribution in [3.05, 3.63) is 32.3 Å². The van der Waals surface area contributed by atoms with Crippen LogP contribution in [0, 0.1) is 3.57 Å². The zero-order valence-electron chi connectivity index (χ0n) is 10.6. The minimum absolute atomic E-state index is 0.234. The number of rotatable bonds is 6. The monoisotopic (exact) mass is 359 g/mol. The number of oxazole rings is 1.